The van der Waals surface area contributed by atoms with Crippen molar-refractivity contribution in [3.63, 3.8) is 0 Å². The molecule has 1 unspecified atom stereocenters. The molecule has 17 heavy (non-hydrogen) atoms. The van der Waals surface area contributed by atoms with Crippen LogP contribution in [0.25, 0.3) is 0 Å². The number of hydrogen-bond acceptors (Lipinski definition) is 2. The van der Waals surface area contributed by atoms with E-state index in [0.717, 1.165) is 29.4 Å². The molecule has 3 heteroatoms. The molecule has 0 spiro atoms. The normalized spacial score (nSPS) is 11.7. The number of hydrogen-bond donors (Lipinski definition) is 2. The Kier molecular flexibility index (Phi) is 6.10. The number of phenolic OH excluding ortho intramolecular Hbond substituents is 1. The number of rotatable bonds is 5. The molecule has 0 aromatic heterocycles. The van der Waals surface area contributed by atoms with Crippen LogP contribution in [0.2, 0.25) is 0 Å². The predicted octanol–water partition coefficient (Wildman–Crippen LogP) is 3.61. The fraction of sp³-hybridized carbons (Fsp3) is 0.429. The SMILES string of the molecule is CC#CCCNC(CC)c1cc(Br)ccc1O. The summed E-state index contributed by atoms with van der Waals surface area (Å²) in [6.07, 6.45) is 1.77. The summed E-state index contributed by atoms with van der Waals surface area (Å²) in [5.74, 6) is 6.24. The molecule has 2 nitrogen and oxygen atoms in total. The van der Waals surface area contributed by atoms with Crippen LogP contribution >= 0.6 is 15.9 Å². The Morgan fingerprint density at radius 2 is 2.24 bits per heavy atom. The number of nitrogens with one attached hydrogen (secondary N) is 1. The third-order valence-corrected chi connectivity index (χ3v) is 3.08. The van der Waals surface area contributed by atoms with E-state index in [-0.39, 0.29) is 6.04 Å². The Morgan fingerprint density at radius 3 is 2.88 bits per heavy atom. The monoisotopic (exact) mass is 295 g/mol. The zero-order valence-corrected chi connectivity index (χ0v) is 11.8. The molecule has 1 aromatic carbocycles. The molecule has 0 aliphatic heterocycles. The van der Waals surface area contributed by atoms with Gasteiger partial charge in [-0.25, -0.2) is 0 Å². The van der Waals surface area contributed by atoms with Gasteiger partial charge in [-0.2, -0.15) is 0 Å². The average molecular weight is 296 g/mol. The standard InChI is InChI=1S/C14H18BrNO/c1-3-5-6-9-16-13(4-2)12-10-11(15)7-8-14(12)17/h7-8,10,13,16-17H,4,6,9H2,1-2H3. The van der Waals surface area contributed by atoms with Crippen molar-refractivity contribution < 1.29 is 5.11 Å². The molecule has 1 atom stereocenters. The summed E-state index contributed by atoms with van der Waals surface area (Å²) in [5, 5.41) is 13.3. The van der Waals surface area contributed by atoms with Crippen LogP contribution in [-0.2, 0) is 0 Å². The van der Waals surface area contributed by atoms with Crippen LogP contribution in [0.5, 0.6) is 5.75 Å². The number of phenols is 1. The van der Waals surface area contributed by atoms with Gasteiger partial charge in [0.2, 0.25) is 0 Å². The summed E-state index contributed by atoms with van der Waals surface area (Å²) >= 11 is 3.43. The van der Waals surface area contributed by atoms with Crippen molar-refractivity contribution in [1.82, 2.24) is 5.32 Å². The van der Waals surface area contributed by atoms with Crippen molar-refractivity contribution in [2.75, 3.05) is 6.54 Å². The van der Waals surface area contributed by atoms with E-state index in [1.807, 2.05) is 19.1 Å². The minimum Gasteiger partial charge on any atom is -0.508 e. The zero-order chi connectivity index (χ0) is 12.7. The van der Waals surface area contributed by atoms with Crippen molar-refractivity contribution in [1.29, 1.82) is 0 Å². The number of benzene rings is 1. The van der Waals surface area contributed by atoms with Crippen molar-refractivity contribution in [2.24, 2.45) is 0 Å². The van der Waals surface area contributed by atoms with Gasteiger partial charge >= 0.3 is 0 Å². The van der Waals surface area contributed by atoms with E-state index < -0.39 is 0 Å². The van der Waals surface area contributed by atoms with Crippen LogP contribution < -0.4 is 5.32 Å². The van der Waals surface area contributed by atoms with Gasteiger partial charge in [0.1, 0.15) is 5.75 Å². The second-order valence-corrected chi connectivity index (χ2v) is 4.71. The van der Waals surface area contributed by atoms with Crippen LogP contribution in [0, 0.1) is 11.8 Å². The summed E-state index contributed by atoms with van der Waals surface area (Å²) in [4.78, 5) is 0. The lowest BCUT2D eigenvalue weighted by atomic mass is 10.0. The first-order valence-corrected chi connectivity index (χ1v) is 6.59. The topological polar surface area (TPSA) is 32.3 Å². The smallest absolute Gasteiger partial charge is 0.120 e. The molecule has 0 heterocycles. The van der Waals surface area contributed by atoms with E-state index in [9.17, 15) is 5.11 Å². The quantitative estimate of drug-likeness (QED) is 0.642. The Morgan fingerprint density at radius 1 is 1.47 bits per heavy atom. The third-order valence-electron chi connectivity index (χ3n) is 2.59. The van der Waals surface area contributed by atoms with Crippen LogP contribution in [0.4, 0.5) is 0 Å². The predicted molar refractivity (Wildman–Crippen MR) is 74.9 cm³/mol. The first-order valence-electron chi connectivity index (χ1n) is 5.80. The lowest BCUT2D eigenvalue weighted by Crippen LogP contribution is -2.21. The molecular formula is C14H18BrNO. The van der Waals surface area contributed by atoms with Gasteiger partial charge < -0.3 is 10.4 Å². The molecule has 1 rings (SSSR count). The van der Waals surface area contributed by atoms with Crippen LogP contribution in [-0.4, -0.2) is 11.7 Å². The fourth-order valence-electron chi connectivity index (χ4n) is 1.71. The minimum atomic E-state index is 0.172. The average Bonchev–Trinajstić information content (AvgIpc) is 2.33. The third kappa shape index (κ3) is 4.41. The summed E-state index contributed by atoms with van der Waals surface area (Å²) in [7, 11) is 0. The lowest BCUT2D eigenvalue weighted by molar-refractivity contribution is 0.443. The highest BCUT2D eigenvalue weighted by Crippen LogP contribution is 2.29. The highest BCUT2D eigenvalue weighted by atomic mass is 79.9. The molecule has 92 valence electrons. The van der Waals surface area contributed by atoms with Gasteiger partial charge in [-0.15, -0.1) is 11.8 Å². The van der Waals surface area contributed by atoms with Crippen molar-refractivity contribution in [3.8, 4) is 17.6 Å². The van der Waals surface area contributed by atoms with E-state index in [1.165, 1.54) is 0 Å². The fourth-order valence-corrected chi connectivity index (χ4v) is 2.09. The van der Waals surface area contributed by atoms with Gasteiger partial charge in [0.05, 0.1) is 0 Å². The number of halogens is 1. The van der Waals surface area contributed by atoms with E-state index >= 15 is 0 Å². The molecule has 1 aromatic rings. The molecule has 2 N–H and O–H groups in total. The Labute approximate surface area is 112 Å². The summed E-state index contributed by atoms with van der Waals surface area (Å²) in [6.45, 7) is 4.78. The van der Waals surface area contributed by atoms with Crippen molar-refractivity contribution in [2.45, 2.75) is 32.7 Å². The van der Waals surface area contributed by atoms with Crippen LogP contribution in [0.15, 0.2) is 22.7 Å². The number of aromatic hydroxyl groups is 1. The molecule has 0 aliphatic carbocycles. The van der Waals surface area contributed by atoms with E-state index in [2.05, 4.69) is 40.0 Å². The highest BCUT2D eigenvalue weighted by molar-refractivity contribution is 9.10. The molecule has 0 bridgehead atoms. The van der Waals surface area contributed by atoms with E-state index in [4.69, 9.17) is 0 Å². The summed E-state index contributed by atoms with van der Waals surface area (Å²) < 4.78 is 0.985. The van der Waals surface area contributed by atoms with Crippen LogP contribution in [0.3, 0.4) is 0 Å². The highest BCUT2D eigenvalue weighted by Gasteiger charge is 2.12. The molecule has 0 radical (unpaired) electrons. The van der Waals surface area contributed by atoms with Gasteiger partial charge in [-0.3, -0.25) is 0 Å². The first kappa shape index (κ1) is 14.1. The molecule has 0 saturated carbocycles. The van der Waals surface area contributed by atoms with Gasteiger partial charge in [-0.05, 0) is 31.5 Å². The van der Waals surface area contributed by atoms with Gasteiger partial charge in [0, 0.05) is 29.0 Å². The van der Waals surface area contributed by atoms with Crippen molar-refractivity contribution in [3.05, 3.63) is 28.2 Å². The first-order chi connectivity index (χ1) is 8.19. The second-order valence-electron chi connectivity index (χ2n) is 3.79. The maximum absolute atomic E-state index is 9.85. The second kappa shape index (κ2) is 7.37. The van der Waals surface area contributed by atoms with Gasteiger partial charge in [-0.1, -0.05) is 22.9 Å². The molecular weight excluding hydrogens is 278 g/mol. The lowest BCUT2D eigenvalue weighted by Gasteiger charge is -2.18. The van der Waals surface area contributed by atoms with Crippen molar-refractivity contribution >= 4 is 15.9 Å². The van der Waals surface area contributed by atoms with Gasteiger partial charge in [0.25, 0.3) is 0 Å². The molecule has 0 fully saturated rings. The van der Waals surface area contributed by atoms with Gasteiger partial charge in [0.15, 0.2) is 0 Å². The Hall–Kier alpha value is -0.980. The molecule has 0 aliphatic rings. The minimum absolute atomic E-state index is 0.172. The maximum Gasteiger partial charge on any atom is 0.120 e. The summed E-state index contributed by atoms with van der Waals surface area (Å²) in [5.41, 5.74) is 0.936. The molecule has 0 saturated heterocycles. The van der Waals surface area contributed by atoms with E-state index in [1.54, 1.807) is 6.07 Å². The van der Waals surface area contributed by atoms with E-state index in [0.29, 0.717) is 5.75 Å². The summed E-state index contributed by atoms with van der Waals surface area (Å²) in [6, 6.07) is 5.69. The largest absolute Gasteiger partial charge is 0.508 e. The molecule has 0 amide bonds. The Bertz CT molecular complexity index is 420. The Balaban J connectivity index is 2.70. The van der Waals surface area contributed by atoms with Crippen LogP contribution in [0.1, 0.15) is 38.3 Å². The maximum atomic E-state index is 9.85. The zero-order valence-electron chi connectivity index (χ0n) is 10.3.